The van der Waals surface area contributed by atoms with Crippen molar-refractivity contribution >= 4 is 27.3 Å². The zero-order valence-electron chi connectivity index (χ0n) is 17.9. The number of nitrogens with zero attached hydrogens (tertiary/aromatic N) is 2. The Hall–Kier alpha value is -3.05. The number of ketones is 1. The minimum atomic E-state index is -0.157. The van der Waals surface area contributed by atoms with Crippen molar-refractivity contribution in [3.63, 3.8) is 0 Å². The zero-order valence-corrected chi connectivity index (χ0v) is 18.7. The standard InChI is InChI=1S/C25H24N2O2S/c1-14-7-6-8-20(11-14)23-26-24-22(17(4)18(5)30-24)25(29)27(23)13-21(28)19-10-9-15(2)16(3)12-19/h6-12H,13H2,1-5H3. The normalized spacial score (nSPS) is 11.2. The van der Waals surface area contributed by atoms with Gasteiger partial charge in [0.1, 0.15) is 10.7 Å². The summed E-state index contributed by atoms with van der Waals surface area (Å²) in [6.07, 6.45) is 0. The Labute approximate surface area is 179 Å². The number of fused-ring (bicyclic) bond motifs is 1. The van der Waals surface area contributed by atoms with Gasteiger partial charge in [-0.05, 0) is 63.4 Å². The number of benzene rings is 2. The van der Waals surface area contributed by atoms with E-state index in [0.29, 0.717) is 16.8 Å². The molecule has 30 heavy (non-hydrogen) atoms. The van der Waals surface area contributed by atoms with Gasteiger partial charge in [0.05, 0.1) is 11.9 Å². The van der Waals surface area contributed by atoms with Gasteiger partial charge in [0, 0.05) is 16.0 Å². The first-order chi connectivity index (χ1) is 14.3. The Balaban J connectivity index is 1.92. The lowest BCUT2D eigenvalue weighted by Crippen LogP contribution is -2.27. The van der Waals surface area contributed by atoms with E-state index in [1.54, 1.807) is 0 Å². The van der Waals surface area contributed by atoms with E-state index in [1.165, 1.54) is 15.9 Å². The molecule has 0 aliphatic carbocycles. The molecule has 0 radical (unpaired) electrons. The predicted octanol–water partition coefficient (Wildman–Crippen LogP) is 5.55. The SMILES string of the molecule is Cc1cccc(-c2nc3sc(C)c(C)c3c(=O)n2CC(=O)c2ccc(C)c(C)c2)c1. The molecule has 0 bridgehead atoms. The smallest absolute Gasteiger partial charge is 0.263 e. The third kappa shape index (κ3) is 3.50. The topological polar surface area (TPSA) is 52.0 Å². The molecule has 0 atom stereocenters. The highest BCUT2D eigenvalue weighted by molar-refractivity contribution is 7.18. The molecule has 4 aromatic rings. The highest BCUT2D eigenvalue weighted by Gasteiger charge is 2.20. The van der Waals surface area contributed by atoms with Crippen LogP contribution in [0, 0.1) is 34.6 Å². The molecule has 0 unspecified atom stereocenters. The van der Waals surface area contributed by atoms with Crippen molar-refractivity contribution < 1.29 is 4.79 Å². The molecular formula is C25H24N2O2S. The largest absolute Gasteiger partial charge is 0.292 e. The molecule has 0 spiro atoms. The van der Waals surface area contributed by atoms with Gasteiger partial charge in [-0.25, -0.2) is 4.98 Å². The summed E-state index contributed by atoms with van der Waals surface area (Å²) in [6.45, 7) is 9.91. The minimum Gasteiger partial charge on any atom is -0.292 e. The van der Waals surface area contributed by atoms with Crippen molar-refractivity contribution in [2.75, 3.05) is 0 Å². The molecule has 0 saturated heterocycles. The van der Waals surface area contributed by atoms with Crippen LogP contribution in [0.3, 0.4) is 0 Å². The maximum Gasteiger partial charge on any atom is 0.263 e. The fraction of sp³-hybridized carbons (Fsp3) is 0.240. The number of hydrogen-bond donors (Lipinski definition) is 0. The van der Waals surface area contributed by atoms with Crippen molar-refractivity contribution in [2.24, 2.45) is 0 Å². The van der Waals surface area contributed by atoms with Gasteiger partial charge >= 0.3 is 0 Å². The molecule has 152 valence electrons. The number of thiophene rings is 1. The molecule has 0 aliphatic rings. The summed E-state index contributed by atoms with van der Waals surface area (Å²) in [6, 6.07) is 13.5. The third-order valence-electron chi connectivity index (χ3n) is 5.70. The molecule has 2 aromatic carbocycles. The van der Waals surface area contributed by atoms with Crippen LogP contribution in [0.1, 0.15) is 37.5 Å². The highest BCUT2D eigenvalue weighted by Crippen LogP contribution is 2.29. The lowest BCUT2D eigenvalue weighted by molar-refractivity contribution is 0.0971. The number of rotatable bonds is 4. The van der Waals surface area contributed by atoms with Gasteiger partial charge < -0.3 is 0 Å². The lowest BCUT2D eigenvalue weighted by atomic mass is 10.0. The number of Topliss-reactive ketones (excluding diaryl/α,β-unsaturated/α-hetero) is 1. The maximum absolute atomic E-state index is 13.5. The fourth-order valence-corrected chi connectivity index (χ4v) is 4.65. The molecule has 5 heteroatoms. The summed E-state index contributed by atoms with van der Waals surface area (Å²) in [5, 5.41) is 0.613. The van der Waals surface area contributed by atoms with E-state index in [9.17, 15) is 9.59 Å². The van der Waals surface area contributed by atoms with Gasteiger partial charge in [-0.15, -0.1) is 11.3 Å². The molecule has 0 N–H and O–H groups in total. The Bertz CT molecular complexity index is 1360. The first-order valence-corrected chi connectivity index (χ1v) is 10.8. The number of aromatic nitrogens is 2. The second-order valence-electron chi connectivity index (χ2n) is 7.88. The summed E-state index contributed by atoms with van der Waals surface area (Å²) in [5.41, 5.74) is 5.50. The van der Waals surface area contributed by atoms with Crippen molar-refractivity contribution in [1.29, 1.82) is 0 Å². The second-order valence-corrected chi connectivity index (χ2v) is 9.08. The van der Waals surface area contributed by atoms with E-state index < -0.39 is 0 Å². The first-order valence-electron chi connectivity index (χ1n) is 9.94. The Morgan fingerprint density at radius 1 is 1.00 bits per heavy atom. The van der Waals surface area contributed by atoms with E-state index in [1.807, 2.05) is 77.1 Å². The van der Waals surface area contributed by atoms with E-state index in [-0.39, 0.29) is 17.9 Å². The van der Waals surface area contributed by atoms with Gasteiger partial charge in [0.15, 0.2) is 5.78 Å². The van der Waals surface area contributed by atoms with E-state index in [2.05, 4.69) is 0 Å². The van der Waals surface area contributed by atoms with Crippen LogP contribution < -0.4 is 5.56 Å². The highest BCUT2D eigenvalue weighted by atomic mass is 32.1. The lowest BCUT2D eigenvalue weighted by Gasteiger charge is -2.13. The van der Waals surface area contributed by atoms with Gasteiger partial charge in [-0.1, -0.05) is 35.9 Å². The van der Waals surface area contributed by atoms with Crippen molar-refractivity contribution in [2.45, 2.75) is 41.2 Å². The summed E-state index contributed by atoms with van der Waals surface area (Å²) in [5.74, 6) is 0.439. The van der Waals surface area contributed by atoms with Gasteiger partial charge in [-0.3, -0.25) is 14.2 Å². The average molecular weight is 417 g/mol. The number of aryl methyl sites for hydroxylation is 5. The first kappa shape index (κ1) is 20.2. The zero-order chi connectivity index (χ0) is 21.6. The number of carbonyl (C=O) groups excluding carboxylic acids is 1. The van der Waals surface area contributed by atoms with Crippen LogP contribution in [0.15, 0.2) is 47.3 Å². The maximum atomic E-state index is 13.5. The van der Waals surface area contributed by atoms with E-state index in [4.69, 9.17) is 4.98 Å². The quantitative estimate of drug-likeness (QED) is 0.410. The number of hydrogen-bond acceptors (Lipinski definition) is 4. The molecule has 2 heterocycles. The van der Waals surface area contributed by atoms with Crippen LogP contribution >= 0.6 is 11.3 Å². The molecule has 0 amide bonds. The Kier molecular flexibility index (Phi) is 5.16. The van der Waals surface area contributed by atoms with Crippen LogP contribution in [-0.4, -0.2) is 15.3 Å². The van der Waals surface area contributed by atoms with Gasteiger partial charge in [0.25, 0.3) is 5.56 Å². The third-order valence-corrected chi connectivity index (χ3v) is 6.80. The molecule has 0 fully saturated rings. The summed E-state index contributed by atoms with van der Waals surface area (Å²) < 4.78 is 1.54. The molecular weight excluding hydrogens is 392 g/mol. The second kappa shape index (κ2) is 7.65. The van der Waals surface area contributed by atoms with Crippen LogP contribution in [0.5, 0.6) is 0 Å². The molecule has 4 rings (SSSR count). The molecule has 4 nitrogen and oxygen atoms in total. The fourth-order valence-electron chi connectivity index (χ4n) is 3.63. The predicted molar refractivity (Wildman–Crippen MR) is 124 cm³/mol. The van der Waals surface area contributed by atoms with Crippen molar-refractivity contribution in [1.82, 2.24) is 9.55 Å². The van der Waals surface area contributed by atoms with E-state index >= 15 is 0 Å². The average Bonchev–Trinajstić information content (AvgIpc) is 2.99. The summed E-state index contributed by atoms with van der Waals surface area (Å²) in [7, 11) is 0. The Morgan fingerprint density at radius 3 is 2.47 bits per heavy atom. The monoisotopic (exact) mass is 416 g/mol. The van der Waals surface area contributed by atoms with Gasteiger partial charge in [-0.2, -0.15) is 0 Å². The van der Waals surface area contributed by atoms with Crippen LogP contribution in [0.2, 0.25) is 0 Å². The van der Waals surface area contributed by atoms with Crippen LogP contribution in [0.4, 0.5) is 0 Å². The van der Waals surface area contributed by atoms with Gasteiger partial charge in [0.2, 0.25) is 0 Å². The minimum absolute atomic E-state index is 0.0398. The summed E-state index contributed by atoms with van der Waals surface area (Å²) in [4.78, 5) is 33.3. The van der Waals surface area contributed by atoms with Crippen LogP contribution in [0.25, 0.3) is 21.6 Å². The van der Waals surface area contributed by atoms with E-state index in [0.717, 1.165) is 37.5 Å². The van der Waals surface area contributed by atoms with Crippen molar-refractivity contribution in [3.05, 3.63) is 85.5 Å². The molecule has 2 aromatic heterocycles. The van der Waals surface area contributed by atoms with Crippen molar-refractivity contribution in [3.8, 4) is 11.4 Å². The van der Waals surface area contributed by atoms with Crippen LogP contribution in [-0.2, 0) is 6.54 Å². The number of carbonyl (C=O) groups is 1. The molecule has 0 aliphatic heterocycles. The summed E-state index contributed by atoms with van der Waals surface area (Å²) >= 11 is 1.52. The Morgan fingerprint density at radius 2 is 1.77 bits per heavy atom. The molecule has 0 saturated carbocycles.